The zero-order valence-corrected chi connectivity index (χ0v) is 9.27. The molecule has 0 radical (unpaired) electrons. The van der Waals surface area contributed by atoms with Crippen molar-refractivity contribution in [2.75, 3.05) is 0 Å². The largest absolute Gasteiger partial charge is 0.390 e. The first-order valence-corrected chi connectivity index (χ1v) is 4.99. The maximum atomic E-state index is 11.3. The van der Waals surface area contributed by atoms with Crippen molar-refractivity contribution in [2.45, 2.75) is 33.3 Å². The summed E-state index contributed by atoms with van der Waals surface area (Å²) in [6.45, 7) is 2.81. The van der Waals surface area contributed by atoms with Gasteiger partial charge in [0.05, 0.1) is 12.8 Å². The van der Waals surface area contributed by atoms with Gasteiger partial charge in [-0.2, -0.15) is 4.73 Å². The van der Waals surface area contributed by atoms with E-state index in [0.717, 1.165) is 4.73 Å². The fourth-order valence-corrected chi connectivity index (χ4v) is 1.17. The molecule has 0 unspecified atom stereocenters. The molecule has 1 rings (SSSR count). The van der Waals surface area contributed by atoms with Gasteiger partial charge in [0, 0.05) is 13.3 Å². The fourth-order valence-electron chi connectivity index (χ4n) is 1.17. The van der Waals surface area contributed by atoms with Crippen molar-refractivity contribution >= 4 is 11.8 Å². The number of Topliss-reactive ketones (excluding diaryl/α,β-unsaturated/α-hetero) is 1. The molecule has 0 saturated carbocycles. The highest BCUT2D eigenvalue weighted by Gasteiger charge is 2.16. The molecule has 1 aromatic heterocycles. The molecule has 0 bridgehead atoms. The normalized spacial score (nSPS) is 10.2. The van der Waals surface area contributed by atoms with Crippen LogP contribution >= 0.6 is 0 Å². The van der Waals surface area contributed by atoms with Gasteiger partial charge in [-0.3, -0.25) is 4.79 Å². The molecule has 6 nitrogen and oxygen atoms in total. The number of aromatic nitrogens is 2. The molecule has 0 amide bonds. The van der Waals surface area contributed by atoms with Gasteiger partial charge in [0.1, 0.15) is 5.69 Å². The number of aliphatic hydroxyl groups excluding tert-OH is 1. The lowest BCUT2D eigenvalue weighted by Gasteiger charge is -2.08. The number of hydrogen-bond donors (Lipinski definition) is 1. The van der Waals surface area contributed by atoms with Crippen LogP contribution in [0, 0.1) is 0 Å². The first-order valence-electron chi connectivity index (χ1n) is 4.99. The van der Waals surface area contributed by atoms with Crippen molar-refractivity contribution in [3.8, 4) is 0 Å². The summed E-state index contributed by atoms with van der Waals surface area (Å²) < 4.78 is 0.986. The Kier molecular flexibility index (Phi) is 4.19. The number of aliphatic hydroxyl groups is 1. The Balaban J connectivity index is 2.95. The van der Waals surface area contributed by atoms with Crippen LogP contribution in [0.3, 0.4) is 0 Å². The molecule has 6 heteroatoms. The monoisotopic (exact) mass is 226 g/mol. The van der Waals surface area contributed by atoms with Gasteiger partial charge in [0.15, 0.2) is 5.78 Å². The molecule has 16 heavy (non-hydrogen) atoms. The van der Waals surface area contributed by atoms with Crippen LogP contribution in [0.1, 0.15) is 43.0 Å². The van der Waals surface area contributed by atoms with Gasteiger partial charge < -0.3 is 9.94 Å². The van der Waals surface area contributed by atoms with Crippen molar-refractivity contribution in [3.63, 3.8) is 0 Å². The number of ketones is 1. The van der Waals surface area contributed by atoms with Gasteiger partial charge in [-0.05, 0) is 6.42 Å². The molecular formula is C10H14N2O4. The van der Waals surface area contributed by atoms with E-state index in [0.29, 0.717) is 6.42 Å². The third-order valence-corrected chi connectivity index (χ3v) is 1.91. The average Bonchev–Trinajstić information content (AvgIpc) is 2.61. The van der Waals surface area contributed by atoms with Crippen molar-refractivity contribution in [1.82, 2.24) is 9.71 Å². The minimum atomic E-state index is -0.460. The van der Waals surface area contributed by atoms with Crippen LogP contribution in [0.5, 0.6) is 0 Å². The maximum absolute atomic E-state index is 11.3. The lowest BCUT2D eigenvalue weighted by Crippen LogP contribution is -2.24. The molecule has 1 heterocycles. The second-order valence-corrected chi connectivity index (χ2v) is 3.30. The second kappa shape index (κ2) is 5.41. The van der Waals surface area contributed by atoms with E-state index in [-0.39, 0.29) is 30.3 Å². The summed E-state index contributed by atoms with van der Waals surface area (Å²) in [4.78, 5) is 31.2. The van der Waals surface area contributed by atoms with Gasteiger partial charge in [0.2, 0.25) is 5.82 Å². The lowest BCUT2D eigenvalue weighted by molar-refractivity contribution is -0.144. The zero-order valence-electron chi connectivity index (χ0n) is 9.27. The van der Waals surface area contributed by atoms with Crippen LogP contribution in [0.25, 0.3) is 0 Å². The molecule has 0 aliphatic rings. The standard InChI is InChI=1S/C10H14N2O4/c1-3-4-9(15)16-12-8(6-13)5-11-10(12)7(2)14/h5,13H,3-4,6H2,1-2H3. The van der Waals surface area contributed by atoms with Crippen LogP contribution in [-0.2, 0) is 11.4 Å². The highest BCUT2D eigenvalue weighted by Crippen LogP contribution is 2.05. The van der Waals surface area contributed by atoms with Gasteiger partial charge in [-0.1, -0.05) is 6.92 Å². The molecule has 0 atom stereocenters. The SMILES string of the molecule is CCCC(=O)On1c(CO)cnc1C(C)=O. The van der Waals surface area contributed by atoms with Crippen molar-refractivity contribution < 1.29 is 19.5 Å². The smallest absolute Gasteiger partial charge is 0.332 e. The van der Waals surface area contributed by atoms with Crippen LogP contribution in [-0.4, -0.2) is 26.6 Å². The van der Waals surface area contributed by atoms with E-state index in [9.17, 15) is 9.59 Å². The van der Waals surface area contributed by atoms with E-state index in [2.05, 4.69) is 4.98 Å². The summed E-state index contributed by atoms with van der Waals surface area (Å²) in [6, 6.07) is 0. The Bertz CT molecular complexity index is 398. The molecule has 88 valence electrons. The van der Waals surface area contributed by atoms with Crippen LogP contribution in [0.4, 0.5) is 0 Å². The number of rotatable bonds is 5. The molecule has 1 N–H and O–H groups in total. The highest BCUT2D eigenvalue weighted by atomic mass is 16.7. The number of carbonyl (C=O) groups excluding carboxylic acids is 2. The first kappa shape index (κ1) is 12.4. The number of imidazole rings is 1. The topological polar surface area (TPSA) is 81.4 Å². The summed E-state index contributed by atoms with van der Waals surface area (Å²) in [7, 11) is 0. The van der Waals surface area contributed by atoms with E-state index in [1.54, 1.807) is 0 Å². The van der Waals surface area contributed by atoms with E-state index in [1.165, 1.54) is 13.1 Å². The minimum absolute atomic E-state index is 0.00787. The van der Waals surface area contributed by atoms with Crippen LogP contribution in [0.15, 0.2) is 6.20 Å². The zero-order chi connectivity index (χ0) is 12.1. The predicted molar refractivity (Wildman–Crippen MR) is 54.6 cm³/mol. The lowest BCUT2D eigenvalue weighted by atomic mass is 10.3. The second-order valence-electron chi connectivity index (χ2n) is 3.30. The summed E-state index contributed by atoms with van der Waals surface area (Å²) in [5, 5.41) is 8.99. The highest BCUT2D eigenvalue weighted by molar-refractivity contribution is 5.90. The number of nitrogens with zero attached hydrogens (tertiary/aromatic N) is 2. The molecule has 0 aromatic carbocycles. The number of hydrogen-bond acceptors (Lipinski definition) is 5. The average molecular weight is 226 g/mol. The van der Waals surface area contributed by atoms with E-state index in [4.69, 9.17) is 9.94 Å². The Morgan fingerprint density at radius 1 is 1.56 bits per heavy atom. The Morgan fingerprint density at radius 3 is 2.75 bits per heavy atom. The van der Waals surface area contributed by atoms with E-state index >= 15 is 0 Å². The molecule has 0 fully saturated rings. The number of carbonyl (C=O) groups is 2. The summed E-state index contributed by atoms with van der Waals surface area (Å²) >= 11 is 0. The maximum Gasteiger partial charge on any atom is 0.332 e. The van der Waals surface area contributed by atoms with Crippen molar-refractivity contribution in [3.05, 3.63) is 17.7 Å². The molecular weight excluding hydrogens is 212 g/mol. The van der Waals surface area contributed by atoms with Crippen LogP contribution in [0.2, 0.25) is 0 Å². The van der Waals surface area contributed by atoms with Gasteiger partial charge in [0.25, 0.3) is 0 Å². The third-order valence-electron chi connectivity index (χ3n) is 1.91. The Morgan fingerprint density at radius 2 is 2.25 bits per heavy atom. The Hall–Kier alpha value is -1.69. The van der Waals surface area contributed by atoms with Crippen molar-refractivity contribution in [2.24, 2.45) is 0 Å². The third kappa shape index (κ3) is 2.66. The quantitative estimate of drug-likeness (QED) is 0.732. The summed E-state index contributed by atoms with van der Waals surface area (Å²) in [5.41, 5.74) is 0.273. The first-order chi connectivity index (χ1) is 7.60. The molecule has 1 aromatic rings. The Labute approximate surface area is 92.8 Å². The van der Waals surface area contributed by atoms with Crippen molar-refractivity contribution in [1.29, 1.82) is 0 Å². The van der Waals surface area contributed by atoms with Gasteiger partial charge >= 0.3 is 5.97 Å². The molecule has 0 spiro atoms. The van der Waals surface area contributed by atoms with Gasteiger partial charge in [-0.25, -0.2) is 9.78 Å². The van der Waals surface area contributed by atoms with Gasteiger partial charge in [-0.15, -0.1) is 0 Å². The van der Waals surface area contributed by atoms with E-state index < -0.39 is 5.97 Å². The summed E-state index contributed by atoms with van der Waals surface area (Å²) in [5.74, 6) is -0.782. The van der Waals surface area contributed by atoms with Crippen LogP contribution < -0.4 is 4.84 Å². The molecule has 0 aliphatic carbocycles. The fraction of sp³-hybridized carbons (Fsp3) is 0.500. The predicted octanol–water partition coefficient (Wildman–Crippen LogP) is 0.333. The van der Waals surface area contributed by atoms with E-state index in [1.807, 2.05) is 6.92 Å². The summed E-state index contributed by atoms with van der Waals surface area (Å²) in [6.07, 6.45) is 2.20. The molecule has 0 aliphatic heterocycles. The minimum Gasteiger partial charge on any atom is -0.390 e. The molecule has 0 saturated heterocycles.